The Balaban J connectivity index is 1.63. The monoisotopic (exact) mass is 402 g/mol. The highest BCUT2D eigenvalue weighted by Gasteiger charge is 2.15. The number of halogens is 1. The molecule has 0 unspecified atom stereocenters. The van der Waals surface area contributed by atoms with Crippen LogP contribution in [0.2, 0.25) is 5.02 Å². The molecule has 0 spiro atoms. The molecule has 3 rings (SSSR count). The third-order valence-corrected chi connectivity index (χ3v) is 4.57. The summed E-state index contributed by atoms with van der Waals surface area (Å²) in [7, 11) is 3.11. The van der Waals surface area contributed by atoms with E-state index in [9.17, 15) is 14.4 Å². The van der Waals surface area contributed by atoms with E-state index < -0.39 is 11.8 Å². The molecule has 146 valence electrons. The highest BCUT2D eigenvalue weighted by atomic mass is 35.5. The van der Waals surface area contributed by atoms with Crippen LogP contribution in [0.3, 0.4) is 0 Å². The number of aryl methyl sites for hydroxylation is 2. The van der Waals surface area contributed by atoms with Gasteiger partial charge < -0.3 is 4.74 Å². The van der Waals surface area contributed by atoms with E-state index in [1.165, 1.54) is 22.3 Å². The summed E-state index contributed by atoms with van der Waals surface area (Å²) in [5.74, 6) is -0.664. The number of amides is 2. The Hall–Kier alpha value is -3.26. The zero-order valence-corrected chi connectivity index (χ0v) is 16.1. The van der Waals surface area contributed by atoms with Gasteiger partial charge in [-0.25, -0.2) is 4.79 Å². The fourth-order valence-electron chi connectivity index (χ4n) is 2.91. The van der Waals surface area contributed by atoms with E-state index in [1.54, 1.807) is 19.2 Å². The van der Waals surface area contributed by atoms with Gasteiger partial charge in [-0.3, -0.25) is 29.6 Å². The SMILES string of the molecule is COc1ccc(Cl)cc1C(=O)NNC(=O)CCn1c(=O)n(C)c2ccccc21. The number of fused-ring (bicyclic) bond motifs is 1. The van der Waals surface area contributed by atoms with Crippen molar-refractivity contribution in [1.29, 1.82) is 0 Å². The molecule has 1 heterocycles. The topological polar surface area (TPSA) is 94.4 Å². The van der Waals surface area contributed by atoms with Gasteiger partial charge >= 0.3 is 5.69 Å². The minimum Gasteiger partial charge on any atom is -0.496 e. The molecule has 9 heteroatoms. The molecular weight excluding hydrogens is 384 g/mol. The third kappa shape index (κ3) is 3.86. The number of benzene rings is 2. The summed E-state index contributed by atoms with van der Waals surface area (Å²) in [4.78, 5) is 36.7. The first-order valence-electron chi connectivity index (χ1n) is 8.49. The van der Waals surface area contributed by atoms with Gasteiger partial charge in [0, 0.05) is 25.0 Å². The molecule has 2 N–H and O–H groups in total. The molecule has 0 saturated carbocycles. The summed E-state index contributed by atoms with van der Waals surface area (Å²) < 4.78 is 8.17. The number of carbonyl (C=O) groups excluding carboxylic acids is 2. The quantitative estimate of drug-likeness (QED) is 0.637. The first-order chi connectivity index (χ1) is 13.4. The Kier molecular flexibility index (Phi) is 5.70. The fraction of sp³-hybridized carbons (Fsp3) is 0.211. The molecular formula is C19H19ClN4O4. The van der Waals surface area contributed by atoms with Crippen molar-refractivity contribution < 1.29 is 14.3 Å². The van der Waals surface area contributed by atoms with E-state index >= 15 is 0 Å². The van der Waals surface area contributed by atoms with Crippen LogP contribution in [0, 0.1) is 0 Å². The number of hydrogen-bond acceptors (Lipinski definition) is 4. The van der Waals surface area contributed by atoms with Crippen molar-refractivity contribution in [2.24, 2.45) is 7.05 Å². The molecule has 2 amide bonds. The Labute approximate surface area is 165 Å². The molecule has 0 saturated heterocycles. The van der Waals surface area contributed by atoms with Crippen LogP contribution in [0.1, 0.15) is 16.8 Å². The molecule has 0 bridgehead atoms. The van der Waals surface area contributed by atoms with E-state index in [1.807, 2.05) is 24.3 Å². The average Bonchev–Trinajstić information content (AvgIpc) is 2.95. The van der Waals surface area contributed by atoms with Crippen LogP contribution in [0.4, 0.5) is 0 Å². The lowest BCUT2D eigenvalue weighted by molar-refractivity contribution is -0.122. The van der Waals surface area contributed by atoms with Gasteiger partial charge in [-0.1, -0.05) is 23.7 Å². The number of rotatable bonds is 5. The fourth-order valence-corrected chi connectivity index (χ4v) is 3.08. The van der Waals surface area contributed by atoms with Gasteiger partial charge in [-0.15, -0.1) is 0 Å². The number of nitrogens with zero attached hydrogens (tertiary/aromatic N) is 2. The second-order valence-corrected chi connectivity index (χ2v) is 6.52. The molecule has 0 aliphatic rings. The Bertz CT molecular complexity index is 1100. The van der Waals surface area contributed by atoms with Crippen molar-refractivity contribution in [3.05, 3.63) is 63.5 Å². The number of para-hydroxylation sites is 2. The number of aromatic nitrogens is 2. The summed E-state index contributed by atoms with van der Waals surface area (Å²) in [5.41, 5.74) is 6.18. The molecule has 1 aromatic heterocycles. The van der Waals surface area contributed by atoms with Gasteiger partial charge in [0.1, 0.15) is 5.75 Å². The number of hydrogen-bond donors (Lipinski definition) is 2. The lowest BCUT2D eigenvalue weighted by Crippen LogP contribution is -2.42. The summed E-state index contributed by atoms with van der Waals surface area (Å²) in [5, 5.41) is 0.368. The molecule has 8 nitrogen and oxygen atoms in total. The summed E-state index contributed by atoms with van der Waals surface area (Å²) >= 11 is 5.91. The minimum atomic E-state index is -0.560. The number of imidazole rings is 1. The van der Waals surface area contributed by atoms with Crippen molar-refractivity contribution in [2.75, 3.05) is 7.11 Å². The van der Waals surface area contributed by atoms with E-state index in [0.717, 1.165) is 11.0 Å². The molecule has 2 aromatic carbocycles. The summed E-state index contributed by atoms with van der Waals surface area (Å²) in [6.07, 6.45) is 0.0148. The Morgan fingerprint density at radius 3 is 2.54 bits per heavy atom. The van der Waals surface area contributed by atoms with Crippen LogP contribution in [-0.4, -0.2) is 28.1 Å². The smallest absolute Gasteiger partial charge is 0.328 e. The maximum absolute atomic E-state index is 12.4. The molecule has 0 fully saturated rings. The Morgan fingerprint density at radius 1 is 1.11 bits per heavy atom. The molecule has 0 atom stereocenters. The van der Waals surface area contributed by atoms with E-state index in [-0.39, 0.29) is 24.2 Å². The molecule has 0 aliphatic heterocycles. The molecule has 0 radical (unpaired) electrons. The molecule has 3 aromatic rings. The normalized spacial score (nSPS) is 10.7. The van der Waals surface area contributed by atoms with Crippen LogP contribution >= 0.6 is 11.6 Å². The van der Waals surface area contributed by atoms with Gasteiger partial charge in [-0.05, 0) is 30.3 Å². The van der Waals surface area contributed by atoms with Crippen molar-refractivity contribution in [2.45, 2.75) is 13.0 Å². The second-order valence-electron chi connectivity index (χ2n) is 6.08. The van der Waals surface area contributed by atoms with E-state index in [4.69, 9.17) is 16.3 Å². The highest BCUT2D eigenvalue weighted by Crippen LogP contribution is 2.22. The van der Waals surface area contributed by atoms with Crippen LogP contribution in [-0.2, 0) is 18.4 Å². The average molecular weight is 403 g/mol. The van der Waals surface area contributed by atoms with E-state index in [0.29, 0.717) is 10.8 Å². The third-order valence-electron chi connectivity index (χ3n) is 4.34. The van der Waals surface area contributed by atoms with Crippen LogP contribution in [0.5, 0.6) is 5.75 Å². The van der Waals surface area contributed by atoms with Crippen LogP contribution in [0.25, 0.3) is 11.0 Å². The van der Waals surface area contributed by atoms with Gasteiger partial charge in [0.25, 0.3) is 5.91 Å². The van der Waals surface area contributed by atoms with Gasteiger partial charge in [-0.2, -0.15) is 0 Å². The zero-order chi connectivity index (χ0) is 20.3. The van der Waals surface area contributed by atoms with Gasteiger partial charge in [0.15, 0.2) is 0 Å². The number of methoxy groups -OCH3 is 1. The highest BCUT2D eigenvalue weighted by molar-refractivity contribution is 6.31. The first-order valence-corrected chi connectivity index (χ1v) is 8.87. The van der Waals surface area contributed by atoms with Crippen molar-refractivity contribution in [1.82, 2.24) is 20.0 Å². The predicted molar refractivity (Wildman–Crippen MR) is 105 cm³/mol. The lowest BCUT2D eigenvalue weighted by atomic mass is 10.2. The van der Waals surface area contributed by atoms with Crippen molar-refractivity contribution in [3.63, 3.8) is 0 Å². The second kappa shape index (κ2) is 8.18. The zero-order valence-electron chi connectivity index (χ0n) is 15.4. The number of ether oxygens (including phenoxy) is 1. The lowest BCUT2D eigenvalue weighted by Gasteiger charge is -2.11. The molecule has 0 aliphatic carbocycles. The van der Waals surface area contributed by atoms with Crippen molar-refractivity contribution in [3.8, 4) is 5.75 Å². The van der Waals surface area contributed by atoms with Crippen LogP contribution < -0.4 is 21.3 Å². The Morgan fingerprint density at radius 2 is 1.82 bits per heavy atom. The number of hydrazine groups is 1. The van der Waals surface area contributed by atoms with Gasteiger partial charge in [0.2, 0.25) is 5.91 Å². The predicted octanol–water partition coefficient (Wildman–Crippen LogP) is 1.85. The maximum Gasteiger partial charge on any atom is 0.328 e. The molecule has 28 heavy (non-hydrogen) atoms. The summed E-state index contributed by atoms with van der Waals surface area (Å²) in [6, 6.07) is 11.9. The van der Waals surface area contributed by atoms with Crippen LogP contribution in [0.15, 0.2) is 47.3 Å². The van der Waals surface area contributed by atoms with Crippen molar-refractivity contribution >= 4 is 34.4 Å². The largest absolute Gasteiger partial charge is 0.496 e. The standard InChI is InChI=1S/C19H19ClN4O4/c1-23-14-5-3-4-6-15(14)24(19(23)27)10-9-17(25)21-22-18(26)13-11-12(20)7-8-16(13)28-2/h3-8,11H,9-10H2,1-2H3,(H,21,25)(H,22,26). The first kappa shape index (κ1) is 19.5. The summed E-state index contributed by atoms with van der Waals surface area (Å²) in [6.45, 7) is 0.183. The maximum atomic E-state index is 12.4. The number of carbonyl (C=O) groups is 2. The minimum absolute atomic E-state index is 0.0148. The van der Waals surface area contributed by atoms with Gasteiger partial charge in [0.05, 0.1) is 23.7 Å². The van der Waals surface area contributed by atoms with E-state index in [2.05, 4.69) is 10.9 Å². The number of nitrogens with one attached hydrogen (secondary N) is 2.